The summed E-state index contributed by atoms with van der Waals surface area (Å²) in [6.45, 7) is 11.2. The number of benzene rings is 2. The first-order valence-corrected chi connectivity index (χ1v) is 32.5. The number of nitrogens with zero attached hydrogens (tertiary/aromatic N) is 6. The second-order valence-corrected chi connectivity index (χ2v) is 24.2. The highest BCUT2D eigenvalue weighted by atomic mass is 35.5. The summed E-state index contributed by atoms with van der Waals surface area (Å²) in [5, 5.41) is 25.8. The van der Waals surface area contributed by atoms with Crippen molar-refractivity contribution in [2.45, 2.75) is 115 Å². The maximum Gasteiger partial charge on any atom is 0.274 e. The number of carbonyl (C=O) groups excluding carboxylic acids is 4. The van der Waals surface area contributed by atoms with Crippen molar-refractivity contribution in [1.29, 1.82) is 0 Å². The fourth-order valence-electron chi connectivity index (χ4n) is 10.1. The van der Waals surface area contributed by atoms with Crippen molar-refractivity contribution in [3.05, 3.63) is 81.4 Å². The molecule has 0 fully saturated rings. The van der Waals surface area contributed by atoms with Crippen LogP contribution >= 0.6 is 23.2 Å². The van der Waals surface area contributed by atoms with Crippen LogP contribution < -0.4 is 43.0 Å². The van der Waals surface area contributed by atoms with Gasteiger partial charge >= 0.3 is 0 Å². The van der Waals surface area contributed by atoms with Gasteiger partial charge in [0.15, 0.2) is 56.9 Å². The zero-order chi connectivity index (χ0) is 67.3. The van der Waals surface area contributed by atoms with Crippen LogP contribution in [0, 0.1) is 0 Å². The van der Waals surface area contributed by atoms with Crippen molar-refractivity contribution >= 4 is 69.9 Å². The molecule has 0 bridgehead atoms. The number of ether oxygens (including phenoxy) is 8. The molecule has 2 aromatic carbocycles. The van der Waals surface area contributed by atoms with Crippen LogP contribution in [-0.2, 0) is 50.9 Å². The Labute approximate surface area is 552 Å². The summed E-state index contributed by atoms with van der Waals surface area (Å²) in [6, 6.07) is 16.6. The number of anilines is 4. The van der Waals surface area contributed by atoms with E-state index in [0.29, 0.717) is 92.1 Å². The van der Waals surface area contributed by atoms with Gasteiger partial charge in [-0.1, -0.05) is 74.2 Å². The van der Waals surface area contributed by atoms with Crippen LogP contribution in [0.15, 0.2) is 48.5 Å². The number of nitrogens with one attached hydrogen (secondary N) is 2. The second-order valence-electron chi connectivity index (χ2n) is 23.4. The van der Waals surface area contributed by atoms with Crippen molar-refractivity contribution in [3.63, 3.8) is 0 Å². The van der Waals surface area contributed by atoms with Crippen molar-refractivity contribution in [2.75, 3.05) is 170 Å². The summed E-state index contributed by atoms with van der Waals surface area (Å²) in [5.74, 6) is -0.772. The molecule has 0 saturated carbocycles. The van der Waals surface area contributed by atoms with Gasteiger partial charge in [0.05, 0.1) is 127 Å². The number of ketones is 2. The number of rotatable bonds is 51. The van der Waals surface area contributed by atoms with Crippen molar-refractivity contribution < 1.29 is 76.3 Å². The third-order valence-electron chi connectivity index (χ3n) is 15.6. The lowest BCUT2D eigenvalue weighted by atomic mass is 9.99. The van der Waals surface area contributed by atoms with Gasteiger partial charge in [0.2, 0.25) is 0 Å². The molecular weight excluding hydrogens is 1230 g/mol. The van der Waals surface area contributed by atoms with Gasteiger partial charge in [0.25, 0.3) is 11.8 Å². The molecule has 92 heavy (non-hydrogen) atoms. The summed E-state index contributed by atoms with van der Waals surface area (Å²) in [7, 11) is 8.78. The second kappa shape index (κ2) is 43.0. The molecule has 2 aromatic heterocycles. The minimum absolute atomic E-state index is 0.00251. The molecule has 26 nitrogen and oxygen atoms in total. The van der Waals surface area contributed by atoms with E-state index in [1.807, 2.05) is 24.3 Å². The molecule has 0 radical (unpaired) electrons. The number of nitrogen functional groups attached to an aromatic ring is 4. The van der Waals surface area contributed by atoms with Crippen LogP contribution in [0.2, 0.25) is 10.3 Å². The Morgan fingerprint density at radius 1 is 0.500 bits per heavy atom. The molecule has 2 amide bonds. The van der Waals surface area contributed by atoms with Crippen molar-refractivity contribution in [1.82, 2.24) is 30.6 Å². The molecule has 0 aliphatic carbocycles. The number of quaternary nitrogens is 2. The quantitative estimate of drug-likeness (QED) is 0.0162. The highest BCUT2D eigenvalue weighted by Crippen LogP contribution is 2.25. The summed E-state index contributed by atoms with van der Waals surface area (Å²) < 4.78 is 46.5. The van der Waals surface area contributed by atoms with E-state index in [-0.39, 0.29) is 102 Å². The Morgan fingerprint density at radius 3 is 1.41 bits per heavy atom. The fourth-order valence-corrected chi connectivity index (χ4v) is 10.4. The number of aliphatic hydroxyl groups excluding tert-OH is 2. The first-order chi connectivity index (χ1) is 44.1. The van der Waals surface area contributed by atoms with Gasteiger partial charge in [-0.25, -0.2) is 19.9 Å². The van der Waals surface area contributed by atoms with Crippen LogP contribution in [0.3, 0.4) is 0 Å². The lowest BCUT2D eigenvalue weighted by Gasteiger charge is -2.38. The number of aryl methyl sites for hydroxylation is 2. The van der Waals surface area contributed by atoms with E-state index in [1.54, 1.807) is 0 Å². The maximum atomic E-state index is 13.0. The van der Waals surface area contributed by atoms with E-state index in [0.717, 1.165) is 84.9 Å². The normalized spacial score (nSPS) is 13.1. The molecule has 0 aliphatic rings. The zero-order valence-electron chi connectivity index (χ0n) is 54.7. The summed E-state index contributed by atoms with van der Waals surface area (Å²) in [4.78, 5) is 66.6. The molecule has 28 heteroatoms. The fraction of sp³-hybridized carbons (Fsp3) is 0.625. The van der Waals surface area contributed by atoms with Crippen LogP contribution in [-0.4, -0.2) is 234 Å². The molecule has 12 N–H and O–H groups in total. The monoisotopic (exact) mass is 1330 g/mol. The van der Waals surface area contributed by atoms with Crippen LogP contribution in [0.4, 0.5) is 23.3 Å². The largest absolute Gasteiger partial charge is 0.491 e. The number of Topliss-reactive ketones (excluding diaryl/α,β-unsaturated/α-hetero) is 2. The molecule has 4 atom stereocenters. The number of nitrogens with two attached hydrogens (primary N) is 4. The lowest BCUT2D eigenvalue weighted by Crippen LogP contribution is -2.54. The molecule has 0 spiro atoms. The van der Waals surface area contributed by atoms with Crippen LogP contribution in [0.5, 0.6) is 11.5 Å². The van der Waals surface area contributed by atoms with Gasteiger partial charge in [-0.15, -0.1) is 0 Å². The molecule has 514 valence electrons. The molecule has 0 aliphatic heterocycles. The summed E-state index contributed by atoms with van der Waals surface area (Å²) in [6.07, 6.45) is 5.01. The predicted octanol–water partition coefficient (Wildman–Crippen LogP) is 5.10. The van der Waals surface area contributed by atoms with Gasteiger partial charge in [0.1, 0.15) is 42.6 Å². The Morgan fingerprint density at radius 2 is 0.924 bits per heavy atom. The Hall–Kier alpha value is -6.14. The lowest BCUT2D eigenvalue weighted by molar-refractivity contribution is -0.916. The third kappa shape index (κ3) is 29.4. The standard InChI is InChI=1S/C64H100Cl2N12O14/c1-7-12-47(21-26-51(79)53-59(67)75-61(69)57(65)73-53)77(3,4)28-9-14-45-17-22-49(23-18-45)91-43-41-90-39-37-88-35-33-86-31-27-71-64(84)56(82)55(81)52(80)16-11-30-85-32-34-87-36-38-89-40-42-92-50-24-19-46(20-25-50)15-10-29-78(5,6)48(13-8-2)44-72-63(83)54-60(68)76-62(70)58(66)74-54/h17-20,22-25,47-48,55-56,81-82H,7-16,21,26-44H2,1-6H3,(H8-2,67,68,69,70,71,72,75,76,79,83,84)/p+2/t47-,48-,55?,56?/m0/s1. The topological polar surface area (TPSA) is 362 Å². The number of hydrogen-bond acceptors (Lipinski definition) is 22. The molecule has 0 saturated heterocycles. The van der Waals surface area contributed by atoms with E-state index < -0.39 is 29.8 Å². The SMILES string of the molecule is CCC[C@@H](CCC(=O)c1nc(Cl)c(N)nc1N)[N+](C)(C)CCCc1ccc(OCCOCCOCCOCCNC(=O)C(O)C(O)C(=O)CCCOCCOCCOCCOc2ccc(CCC[N+](C)(C)[C@@H](CCC)CNC(=O)c3nc(Cl)c(N)nc3N)cc2)cc1. The average molecular weight is 1330 g/mol. The zero-order valence-corrected chi connectivity index (χ0v) is 56.2. The number of aromatic nitrogens is 4. The molecular formula is C64H102Cl2N12O14+2. The third-order valence-corrected chi connectivity index (χ3v) is 16.2. The smallest absolute Gasteiger partial charge is 0.274 e. The van der Waals surface area contributed by atoms with E-state index >= 15 is 0 Å². The first-order valence-electron chi connectivity index (χ1n) is 31.8. The van der Waals surface area contributed by atoms with Gasteiger partial charge < -0.3 is 90.6 Å². The molecule has 4 rings (SSSR count). The Balaban J connectivity index is 0.906. The van der Waals surface area contributed by atoms with Crippen LogP contribution in [0.25, 0.3) is 0 Å². The van der Waals surface area contributed by atoms with Crippen molar-refractivity contribution in [3.8, 4) is 11.5 Å². The van der Waals surface area contributed by atoms with Gasteiger partial charge in [-0.3, -0.25) is 19.2 Å². The van der Waals surface area contributed by atoms with E-state index in [2.05, 4.69) is 96.9 Å². The predicted molar refractivity (Wildman–Crippen MR) is 354 cm³/mol. The number of amides is 2. The maximum absolute atomic E-state index is 13.0. The molecule has 2 unspecified atom stereocenters. The van der Waals surface area contributed by atoms with Gasteiger partial charge in [0, 0.05) is 51.7 Å². The highest BCUT2D eigenvalue weighted by Gasteiger charge is 2.32. The van der Waals surface area contributed by atoms with Gasteiger partial charge in [-0.2, -0.15) is 0 Å². The Kier molecular flexibility index (Phi) is 36.6. The number of hydrogen-bond donors (Lipinski definition) is 8. The minimum atomic E-state index is -1.92. The highest BCUT2D eigenvalue weighted by molar-refractivity contribution is 6.32. The number of aliphatic hydroxyl groups is 2. The molecule has 2 heterocycles. The average Bonchev–Trinajstić information content (AvgIpc) is 1.05. The summed E-state index contributed by atoms with van der Waals surface area (Å²) >= 11 is 12.0. The molecule has 4 aromatic rings. The van der Waals surface area contributed by atoms with Crippen LogP contribution in [0.1, 0.15) is 110 Å². The van der Waals surface area contributed by atoms with E-state index in [4.69, 9.17) is 84.0 Å². The van der Waals surface area contributed by atoms with Crippen molar-refractivity contribution in [2.24, 2.45) is 0 Å². The Bertz CT molecular complexity index is 2620. The summed E-state index contributed by atoms with van der Waals surface area (Å²) in [5.41, 5.74) is 25.6. The number of likely N-dealkylation sites (N-methyl/N-ethyl adjacent to an activating group) is 1. The minimum Gasteiger partial charge on any atom is -0.491 e. The van der Waals surface area contributed by atoms with E-state index in [9.17, 15) is 29.4 Å². The van der Waals surface area contributed by atoms with Gasteiger partial charge in [-0.05, 0) is 61.1 Å². The van der Waals surface area contributed by atoms with E-state index in [1.165, 1.54) is 11.1 Å². The first kappa shape index (κ1) is 78.3. The number of halogens is 2. The number of carbonyl (C=O) groups is 4.